The lowest BCUT2D eigenvalue weighted by Gasteiger charge is -2.22. The number of hydrogen-bond donors (Lipinski definition) is 0. The van der Waals surface area contributed by atoms with Gasteiger partial charge in [-0.05, 0) is 95.8 Å². The summed E-state index contributed by atoms with van der Waals surface area (Å²) in [6, 6.07) is 51.1. The van der Waals surface area contributed by atoms with Crippen LogP contribution >= 0.6 is 23.2 Å². The molecule has 6 rings (SSSR count). The fourth-order valence-corrected chi connectivity index (χ4v) is 6.63. The van der Waals surface area contributed by atoms with E-state index < -0.39 is 36.0 Å². The van der Waals surface area contributed by atoms with Gasteiger partial charge in [0.15, 0.2) is 0 Å². The third-order valence-electron chi connectivity index (χ3n) is 9.28. The van der Waals surface area contributed by atoms with Gasteiger partial charge >= 0.3 is 11.9 Å². The molecule has 0 unspecified atom stereocenters. The zero-order valence-electron chi connectivity index (χ0n) is 33.6. The van der Waals surface area contributed by atoms with E-state index in [1.165, 1.54) is 0 Å². The van der Waals surface area contributed by atoms with Gasteiger partial charge in [0, 0.05) is 21.2 Å². The number of nitriles is 2. The number of nitrogens with zero attached hydrogens (tertiary/aromatic N) is 2. The third kappa shape index (κ3) is 12.7. The smallest absolute Gasteiger partial charge is 0.315 e. The van der Waals surface area contributed by atoms with Crippen molar-refractivity contribution in [2.75, 3.05) is 0 Å². The SMILES string of the molecule is CC(C)[C@H](C(=O)O[C@H](C#N)c1cccc(Oc2ccccc2)c1)c1ccc(Cl)cc1.CC(C)[C@H](C(=O)O[C@H](C#N)c1cccc(Oc2ccccc2)c1)c1ccc(Cl)cc1. The molecule has 0 aliphatic carbocycles. The number of carbonyl (C=O) groups excluding carboxylic acids is 2. The Kier molecular flexibility index (Phi) is 16.3. The highest BCUT2D eigenvalue weighted by atomic mass is 35.5. The van der Waals surface area contributed by atoms with Crippen LogP contribution in [0.4, 0.5) is 0 Å². The van der Waals surface area contributed by atoms with Gasteiger partial charge in [-0.25, -0.2) is 0 Å². The second-order valence-corrected chi connectivity index (χ2v) is 15.3. The van der Waals surface area contributed by atoms with E-state index in [1.54, 1.807) is 72.8 Å². The molecule has 0 fully saturated rings. The maximum Gasteiger partial charge on any atom is 0.315 e. The highest BCUT2D eigenvalue weighted by Crippen LogP contribution is 2.33. The summed E-state index contributed by atoms with van der Waals surface area (Å²) in [5.74, 6) is 0.577. The predicted octanol–water partition coefficient (Wildman–Crippen LogP) is 13.4. The number of rotatable bonds is 14. The van der Waals surface area contributed by atoms with Crippen molar-refractivity contribution in [1.82, 2.24) is 0 Å². The molecule has 0 radical (unpaired) electrons. The van der Waals surface area contributed by atoms with Crippen LogP contribution < -0.4 is 9.47 Å². The van der Waals surface area contributed by atoms with E-state index in [9.17, 15) is 20.1 Å². The largest absolute Gasteiger partial charge is 0.457 e. The van der Waals surface area contributed by atoms with Crippen LogP contribution in [0.25, 0.3) is 0 Å². The number of esters is 2. The summed E-state index contributed by atoms with van der Waals surface area (Å²) in [5, 5.41) is 20.5. The summed E-state index contributed by atoms with van der Waals surface area (Å²) in [6.45, 7) is 7.76. The maximum atomic E-state index is 13.0. The molecule has 4 atom stereocenters. The van der Waals surface area contributed by atoms with Crippen LogP contribution in [-0.2, 0) is 19.1 Å². The van der Waals surface area contributed by atoms with Crippen molar-refractivity contribution in [2.45, 2.75) is 51.7 Å². The average Bonchev–Trinajstić information content (AvgIpc) is 3.24. The first kappa shape index (κ1) is 44.5. The molecule has 0 N–H and O–H groups in total. The molecule has 0 bridgehead atoms. The van der Waals surface area contributed by atoms with Crippen molar-refractivity contribution >= 4 is 35.1 Å². The summed E-state index contributed by atoms with van der Waals surface area (Å²) in [7, 11) is 0. The molecule has 10 heteroatoms. The van der Waals surface area contributed by atoms with Crippen LogP contribution in [0.3, 0.4) is 0 Å². The van der Waals surface area contributed by atoms with Crippen LogP contribution in [0.5, 0.6) is 23.0 Å². The van der Waals surface area contributed by atoms with Gasteiger partial charge in [-0.2, -0.15) is 10.5 Å². The normalized spacial score (nSPS) is 12.6. The Morgan fingerprint density at radius 3 is 1.10 bits per heavy atom. The Bertz CT molecular complexity index is 2220. The fourth-order valence-electron chi connectivity index (χ4n) is 6.37. The Labute approximate surface area is 361 Å². The summed E-state index contributed by atoms with van der Waals surface area (Å²) in [5.41, 5.74) is 2.71. The van der Waals surface area contributed by atoms with Crippen molar-refractivity contribution in [1.29, 1.82) is 10.5 Å². The van der Waals surface area contributed by atoms with E-state index in [-0.39, 0.29) is 11.8 Å². The van der Waals surface area contributed by atoms with Crippen molar-refractivity contribution < 1.29 is 28.5 Å². The lowest BCUT2D eigenvalue weighted by Crippen LogP contribution is -2.22. The first-order valence-electron chi connectivity index (χ1n) is 19.3. The van der Waals surface area contributed by atoms with Crippen molar-refractivity contribution in [3.8, 4) is 35.1 Å². The molecular weight excluding hydrogens is 795 g/mol. The third-order valence-corrected chi connectivity index (χ3v) is 9.79. The van der Waals surface area contributed by atoms with Crippen LogP contribution in [0.15, 0.2) is 158 Å². The van der Waals surface area contributed by atoms with Crippen LogP contribution in [-0.4, -0.2) is 11.9 Å². The first-order valence-corrected chi connectivity index (χ1v) is 20.1. The van der Waals surface area contributed by atoms with Gasteiger partial charge in [0.1, 0.15) is 35.1 Å². The highest BCUT2D eigenvalue weighted by molar-refractivity contribution is 6.30. The molecule has 6 aromatic carbocycles. The van der Waals surface area contributed by atoms with Gasteiger partial charge in [-0.1, -0.05) is 136 Å². The molecule has 6 aromatic rings. The zero-order valence-corrected chi connectivity index (χ0v) is 35.1. The van der Waals surface area contributed by atoms with Gasteiger partial charge in [0.25, 0.3) is 0 Å². The highest BCUT2D eigenvalue weighted by Gasteiger charge is 2.30. The molecule has 304 valence electrons. The summed E-state index contributed by atoms with van der Waals surface area (Å²) in [6.07, 6.45) is -2.07. The number of halogens is 2. The Morgan fingerprint density at radius 2 is 0.783 bits per heavy atom. The Balaban J connectivity index is 0.000000228. The van der Waals surface area contributed by atoms with E-state index in [0.29, 0.717) is 44.2 Å². The predicted molar refractivity (Wildman–Crippen MR) is 233 cm³/mol. The van der Waals surface area contributed by atoms with Gasteiger partial charge in [-0.3, -0.25) is 9.59 Å². The molecule has 0 aliphatic rings. The van der Waals surface area contributed by atoms with Gasteiger partial charge < -0.3 is 18.9 Å². The van der Waals surface area contributed by atoms with Gasteiger partial charge in [0.2, 0.25) is 12.2 Å². The molecule has 0 amide bonds. The quantitative estimate of drug-likeness (QED) is 0.0995. The van der Waals surface area contributed by atoms with E-state index in [4.69, 9.17) is 42.1 Å². The average molecular weight is 840 g/mol. The number of para-hydroxylation sites is 2. The van der Waals surface area contributed by atoms with E-state index >= 15 is 0 Å². The van der Waals surface area contributed by atoms with Crippen molar-refractivity contribution in [3.05, 3.63) is 190 Å². The number of benzene rings is 6. The van der Waals surface area contributed by atoms with E-state index in [2.05, 4.69) is 12.1 Å². The molecular formula is C50H44Cl2N2O6. The van der Waals surface area contributed by atoms with E-state index in [0.717, 1.165) is 11.1 Å². The Morgan fingerprint density at radius 1 is 0.450 bits per heavy atom. The second-order valence-electron chi connectivity index (χ2n) is 14.4. The minimum absolute atomic E-state index is 0.00855. The number of ether oxygens (including phenoxy) is 4. The minimum atomic E-state index is -1.04. The number of hydrogen-bond acceptors (Lipinski definition) is 8. The van der Waals surface area contributed by atoms with Crippen molar-refractivity contribution in [2.24, 2.45) is 11.8 Å². The van der Waals surface area contributed by atoms with Gasteiger partial charge in [-0.15, -0.1) is 0 Å². The van der Waals surface area contributed by atoms with E-state index in [1.807, 2.05) is 113 Å². The molecule has 0 saturated carbocycles. The summed E-state index contributed by atoms with van der Waals surface area (Å²) >= 11 is 11.9. The first-order chi connectivity index (χ1) is 28.9. The molecule has 8 nitrogen and oxygen atoms in total. The van der Waals surface area contributed by atoms with Crippen LogP contribution in [0, 0.1) is 34.5 Å². The van der Waals surface area contributed by atoms with Crippen LogP contribution in [0.1, 0.15) is 74.0 Å². The lowest BCUT2D eigenvalue weighted by molar-refractivity contribution is -0.150. The molecule has 0 aliphatic heterocycles. The molecule has 0 spiro atoms. The summed E-state index contributed by atoms with van der Waals surface area (Å²) in [4.78, 5) is 25.9. The second kappa shape index (κ2) is 22.0. The topological polar surface area (TPSA) is 119 Å². The summed E-state index contributed by atoms with van der Waals surface area (Å²) < 4.78 is 22.9. The number of carbonyl (C=O) groups is 2. The Hall–Kier alpha value is -6.58. The monoisotopic (exact) mass is 838 g/mol. The molecule has 0 saturated heterocycles. The molecule has 0 heterocycles. The van der Waals surface area contributed by atoms with Crippen LogP contribution in [0.2, 0.25) is 10.0 Å². The lowest BCUT2D eigenvalue weighted by atomic mass is 9.88. The standard InChI is InChI=1S/2C25H22ClNO3/c2*1-17(2)24(18-11-13-20(26)14-12-18)25(28)30-23(16-27)19-7-6-10-22(15-19)29-21-8-4-3-5-9-21/h2*3-15,17,23-24H,1-2H3/t2*23-,24+/m11/s1. The molecule has 60 heavy (non-hydrogen) atoms. The zero-order chi connectivity index (χ0) is 43.0. The van der Waals surface area contributed by atoms with Gasteiger partial charge in [0.05, 0.1) is 11.8 Å². The fraction of sp³-hybridized carbons (Fsp3) is 0.200. The van der Waals surface area contributed by atoms with Crippen molar-refractivity contribution in [3.63, 3.8) is 0 Å². The molecule has 0 aromatic heterocycles. The minimum Gasteiger partial charge on any atom is -0.457 e. The maximum absolute atomic E-state index is 13.0.